The van der Waals surface area contributed by atoms with Crippen molar-refractivity contribution >= 4 is 17.3 Å². The maximum absolute atomic E-state index is 13.2. The summed E-state index contributed by atoms with van der Waals surface area (Å²) in [5.74, 6) is -0.0353. The molecule has 2 rings (SSSR count). The molecular formula is C15H17FN4O4. The molecule has 9 heteroatoms. The molecule has 1 aromatic carbocycles. The number of carbonyl (C=O) groups is 1. The molecule has 128 valence electrons. The van der Waals surface area contributed by atoms with Crippen molar-refractivity contribution in [3.63, 3.8) is 0 Å². The maximum Gasteiger partial charge on any atom is 0.306 e. The van der Waals surface area contributed by atoms with Crippen molar-refractivity contribution < 1.29 is 18.6 Å². The number of hydrogen-bond acceptors (Lipinski definition) is 6. The standard InChI is InChI=1S/C15H17FN4O4/c1-9(2)15-18-14(24-19-15)5-3-4-13(21)17-10-6-7-11(16)12(8-10)20(22)23/h6-9H,3-5H2,1-2H3,(H,17,21). The summed E-state index contributed by atoms with van der Waals surface area (Å²) in [6, 6.07) is 3.20. The van der Waals surface area contributed by atoms with Gasteiger partial charge >= 0.3 is 5.69 Å². The molecule has 0 fully saturated rings. The second-order valence-corrected chi connectivity index (χ2v) is 5.53. The molecule has 2 aromatic rings. The molecule has 0 unspecified atom stereocenters. The lowest BCUT2D eigenvalue weighted by molar-refractivity contribution is -0.387. The quantitative estimate of drug-likeness (QED) is 0.614. The van der Waals surface area contributed by atoms with Gasteiger partial charge in [0.05, 0.1) is 4.92 Å². The molecule has 1 aromatic heterocycles. The summed E-state index contributed by atoms with van der Waals surface area (Å²) in [6.45, 7) is 3.90. The molecule has 8 nitrogen and oxygen atoms in total. The number of nitrogens with zero attached hydrogens (tertiary/aromatic N) is 3. The zero-order valence-electron chi connectivity index (χ0n) is 13.3. The van der Waals surface area contributed by atoms with Gasteiger partial charge < -0.3 is 9.84 Å². The minimum Gasteiger partial charge on any atom is -0.339 e. The van der Waals surface area contributed by atoms with Crippen molar-refractivity contribution in [2.75, 3.05) is 5.32 Å². The van der Waals surface area contributed by atoms with Crippen molar-refractivity contribution in [3.05, 3.63) is 45.8 Å². The molecule has 1 amide bonds. The highest BCUT2D eigenvalue weighted by Crippen LogP contribution is 2.21. The molecule has 1 N–H and O–H groups in total. The van der Waals surface area contributed by atoms with E-state index in [1.807, 2.05) is 13.8 Å². The van der Waals surface area contributed by atoms with Crippen LogP contribution in [-0.2, 0) is 11.2 Å². The Balaban J connectivity index is 1.85. The average Bonchev–Trinajstić information content (AvgIpc) is 2.98. The number of carbonyl (C=O) groups excluding carboxylic acids is 1. The fraction of sp³-hybridized carbons (Fsp3) is 0.400. The summed E-state index contributed by atoms with van der Waals surface area (Å²) in [6.07, 6.45) is 1.11. The molecule has 1 heterocycles. The molecule has 0 saturated carbocycles. The van der Waals surface area contributed by atoms with Gasteiger partial charge in [-0.05, 0) is 18.6 Å². The zero-order valence-corrected chi connectivity index (χ0v) is 13.3. The van der Waals surface area contributed by atoms with E-state index >= 15 is 0 Å². The highest BCUT2D eigenvalue weighted by Gasteiger charge is 2.15. The highest BCUT2D eigenvalue weighted by atomic mass is 19.1. The molecule has 0 atom stereocenters. The van der Waals surface area contributed by atoms with Crippen LogP contribution in [0.3, 0.4) is 0 Å². The van der Waals surface area contributed by atoms with E-state index in [-0.39, 0.29) is 23.9 Å². The third-order valence-electron chi connectivity index (χ3n) is 3.22. The predicted molar refractivity (Wildman–Crippen MR) is 83.0 cm³/mol. The fourth-order valence-corrected chi connectivity index (χ4v) is 1.96. The zero-order chi connectivity index (χ0) is 17.7. The average molecular weight is 336 g/mol. The van der Waals surface area contributed by atoms with Gasteiger partial charge in [0, 0.05) is 30.5 Å². The van der Waals surface area contributed by atoms with Crippen molar-refractivity contribution in [1.29, 1.82) is 0 Å². The van der Waals surface area contributed by atoms with Crippen LogP contribution in [-0.4, -0.2) is 21.0 Å². The second-order valence-electron chi connectivity index (χ2n) is 5.53. The number of aromatic nitrogens is 2. The minimum absolute atomic E-state index is 0.167. The van der Waals surface area contributed by atoms with E-state index < -0.39 is 16.4 Å². The second kappa shape index (κ2) is 7.62. The largest absolute Gasteiger partial charge is 0.339 e. The van der Waals surface area contributed by atoms with Crippen molar-refractivity contribution in [2.24, 2.45) is 0 Å². The molecule has 0 aliphatic heterocycles. The van der Waals surface area contributed by atoms with Gasteiger partial charge in [-0.1, -0.05) is 19.0 Å². The van der Waals surface area contributed by atoms with Crippen LogP contribution in [0.2, 0.25) is 0 Å². The molecule has 0 aliphatic rings. The van der Waals surface area contributed by atoms with Crippen LogP contribution in [0, 0.1) is 15.9 Å². The molecule has 0 bridgehead atoms. The van der Waals surface area contributed by atoms with E-state index in [4.69, 9.17) is 4.52 Å². The Morgan fingerprint density at radius 2 is 2.21 bits per heavy atom. The van der Waals surface area contributed by atoms with Crippen LogP contribution in [0.25, 0.3) is 0 Å². The van der Waals surface area contributed by atoms with Crippen LogP contribution in [0.5, 0.6) is 0 Å². The maximum atomic E-state index is 13.2. The normalized spacial score (nSPS) is 10.8. The van der Waals surface area contributed by atoms with E-state index in [1.54, 1.807) is 0 Å². The van der Waals surface area contributed by atoms with E-state index in [0.717, 1.165) is 12.1 Å². The van der Waals surface area contributed by atoms with Gasteiger partial charge in [-0.15, -0.1) is 0 Å². The van der Waals surface area contributed by atoms with Gasteiger partial charge in [-0.3, -0.25) is 14.9 Å². The third-order valence-corrected chi connectivity index (χ3v) is 3.22. The van der Waals surface area contributed by atoms with Crippen LogP contribution in [0.4, 0.5) is 15.8 Å². The number of nitro benzene ring substituents is 1. The SMILES string of the molecule is CC(C)c1noc(CCCC(=O)Nc2ccc(F)c([N+](=O)[O-])c2)n1. The molecule has 0 radical (unpaired) electrons. The first-order valence-corrected chi connectivity index (χ1v) is 7.43. The Morgan fingerprint density at radius 3 is 2.83 bits per heavy atom. The topological polar surface area (TPSA) is 111 Å². The smallest absolute Gasteiger partial charge is 0.306 e. The van der Waals surface area contributed by atoms with Crippen LogP contribution in [0.1, 0.15) is 44.3 Å². The van der Waals surface area contributed by atoms with Gasteiger partial charge in [0.2, 0.25) is 17.6 Å². The van der Waals surface area contributed by atoms with Crippen LogP contribution >= 0.6 is 0 Å². The Labute approximate surface area is 137 Å². The number of anilines is 1. The Hall–Kier alpha value is -2.84. The van der Waals surface area contributed by atoms with Crippen molar-refractivity contribution in [3.8, 4) is 0 Å². The summed E-state index contributed by atoms with van der Waals surface area (Å²) in [4.78, 5) is 25.9. The summed E-state index contributed by atoms with van der Waals surface area (Å²) in [5.41, 5.74) is -0.507. The van der Waals surface area contributed by atoms with E-state index in [2.05, 4.69) is 15.5 Å². The third kappa shape index (κ3) is 4.58. The fourth-order valence-electron chi connectivity index (χ4n) is 1.96. The van der Waals surface area contributed by atoms with Crippen LogP contribution in [0.15, 0.2) is 22.7 Å². The highest BCUT2D eigenvalue weighted by molar-refractivity contribution is 5.91. The summed E-state index contributed by atoms with van der Waals surface area (Å²) in [7, 11) is 0. The number of halogens is 1. The number of nitrogens with one attached hydrogen (secondary N) is 1. The first-order chi connectivity index (χ1) is 11.4. The lowest BCUT2D eigenvalue weighted by atomic mass is 10.2. The molecule has 24 heavy (non-hydrogen) atoms. The number of benzene rings is 1. The minimum atomic E-state index is -0.949. The monoisotopic (exact) mass is 336 g/mol. The van der Waals surface area contributed by atoms with Gasteiger partial charge in [0.1, 0.15) is 0 Å². The van der Waals surface area contributed by atoms with E-state index in [0.29, 0.717) is 24.6 Å². The summed E-state index contributed by atoms with van der Waals surface area (Å²) in [5, 5.41) is 17.0. The lowest BCUT2D eigenvalue weighted by Gasteiger charge is -2.04. The first-order valence-electron chi connectivity index (χ1n) is 7.43. The first kappa shape index (κ1) is 17.5. The number of rotatable bonds is 7. The number of aryl methyl sites for hydroxylation is 1. The molecule has 0 spiro atoms. The molecule has 0 aliphatic carbocycles. The van der Waals surface area contributed by atoms with E-state index in [9.17, 15) is 19.3 Å². The predicted octanol–water partition coefficient (Wildman–Crippen LogP) is 3.20. The van der Waals surface area contributed by atoms with Crippen molar-refractivity contribution in [1.82, 2.24) is 10.1 Å². The van der Waals surface area contributed by atoms with Gasteiger partial charge in [0.15, 0.2) is 5.82 Å². The van der Waals surface area contributed by atoms with Crippen molar-refractivity contribution in [2.45, 2.75) is 39.0 Å². The van der Waals surface area contributed by atoms with Gasteiger partial charge in [-0.2, -0.15) is 9.37 Å². The number of hydrogen-bond donors (Lipinski definition) is 1. The number of nitro groups is 1. The summed E-state index contributed by atoms with van der Waals surface area (Å²) >= 11 is 0. The molecular weight excluding hydrogens is 319 g/mol. The van der Waals surface area contributed by atoms with Crippen LogP contribution < -0.4 is 5.32 Å². The van der Waals surface area contributed by atoms with Gasteiger partial charge in [0.25, 0.3) is 0 Å². The Bertz CT molecular complexity index is 745. The number of amides is 1. The summed E-state index contributed by atoms with van der Waals surface area (Å²) < 4.78 is 18.3. The Kier molecular flexibility index (Phi) is 5.56. The van der Waals surface area contributed by atoms with Gasteiger partial charge in [-0.25, -0.2) is 0 Å². The van der Waals surface area contributed by atoms with E-state index in [1.165, 1.54) is 6.07 Å². The molecule has 0 saturated heterocycles. The lowest BCUT2D eigenvalue weighted by Crippen LogP contribution is -2.12. The Morgan fingerprint density at radius 1 is 1.46 bits per heavy atom.